The number of anilines is 1. The Kier molecular flexibility index (Phi) is 2.52. The molecule has 0 amide bonds. The number of aromatic nitrogens is 2. The van der Waals surface area contributed by atoms with E-state index in [2.05, 4.69) is 5.10 Å². The standard InChI is InChI=1S/C10H17N3/c11-10-6-8-13(12-10)7-5-9-3-1-2-4-9/h6,8-9H,1-5,7H2,(H2,11,12). The fourth-order valence-electron chi connectivity index (χ4n) is 2.12. The van der Waals surface area contributed by atoms with Crippen LogP contribution >= 0.6 is 0 Å². The molecule has 0 saturated heterocycles. The Balaban J connectivity index is 1.78. The molecular formula is C10H17N3. The minimum atomic E-state index is 0.631. The van der Waals surface area contributed by atoms with Crippen LogP contribution in [-0.2, 0) is 6.54 Å². The van der Waals surface area contributed by atoms with Crippen LogP contribution in [0.5, 0.6) is 0 Å². The van der Waals surface area contributed by atoms with E-state index in [0.29, 0.717) is 5.82 Å². The van der Waals surface area contributed by atoms with Crippen LogP contribution in [-0.4, -0.2) is 9.78 Å². The Morgan fingerprint density at radius 3 is 2.85 bits per heavy atom. The van der Waals surface area contributed by atoms with Gasteiger partial charge in [0.1, 0.15) is 5.82 Å². The van der Waals surface area contributed by atoms with Crippen molar-refractivity contribution in [2.75, 3.05) is 5.73 Å². The van der Waals surface area contributed by atoms with Gasteiger partial charge in [-0.2, -0.15) is 5.10 Å². The lowest BCUT2D eigenvalue weighted by molar-refractivity contribution is 0.440. The molecule has 1 heterocycles. The van der Waals surface area contributed by atoms with Gasteiger partial charge in [0.15, 0.2) is 0 Å². The van der Waals surface area contributed by atoms with Gasteiger partial charge in [0.25, 0.3) is 0 Å². The second kappa shape index (κ2) is 3.81. The summed E-state index contributed by atoms with van der Waals surface area (Å²) in [7, 11) is 0. The SMILES string of the molecule is Nc1ccn(CCC2CCCC2)n1. The van der Waals surface area contributed by atoms with E-state index in [1.54, 1.807) is 0 Å². The average Bonchev–Trinajstić information content (AvgIpc) is 2.71. The summed E-state index contributed by atoms with van der Waals surface area (Å²) in [5, 5.41) is 4.17. The molecule has 72 valence electrons. The van der Waals surface area contributed by atoms with Gasteiger partial charge in [0, 0.05) is 12.7 Å². The van der Waals surface area contributed by atoms with E-state index < -0.39 is 0 Å². The first kappa shape index (κ1) is 8.60. The molecule has 2 N–H and O–H groups in total. The van der Waals surface area contributed by atoms with E-state index in [4.69, 9.17) is 5.73 Å². The third-order valence-electron chi connectivity index (χ3n) is 2.90. The van der Waals surface area contributed by atoms with E-state index in [0.717, 1.165) is 12.5 Å². The van der Waals surface area contributed by atoms with Gasteiger partial charge >= 0.3 is 0 Å². The molecule has 0 aromatic carbocycles. The van der Waals surface area contributed by atoms with Crippen LogP contribution in [0.4, 0.5) is 5.82 Å². The van der Waals surface area contributed by atoms with Crippen molar-refractivity contribution in [2.45, 2.75) is 38.6 Å². The molecule has 0 bridgehead atoms. The quantitative estimate of drug-likeness (QED) is 0.771. The smallest absolute Gasteiger partial charge is 0.145 e. The van der Waals surface area contributed by atoms with Gasteiger partial charge in [0.2, 0.25) is 0 Å². The Morgan fingerprint density at radius 1 is 1.46 bits per heavy atom. The lowest BCUT2D eigenvalue weighted by Crippen LogP contribution is -2.04. The first-order chi connectivity index (χ1) is 6.34. The van der Waals surface area contributed by atoms with Crippen molar-refractivity contribution in [3.05, 3.63) is 12.3 Å². The third kappa shape index (κ3) is 2.23. The summed E-state index contributed by atoms with van der Waals surface area (Å²) in [5.41, 5.74) is 5.53. The fraction of sp³-hybridized carbons (Fsp3) is 0.700. The summed E-state index contributed by atoms with van der Waals surface area (Å²) in [6, 6.07) is 1.86. The van der Waals surface area contributed by atoms with Gasteiger partial charge in [-0.25, -0.2) is 0 Å². The van der Waals surface area contributed by atoms with Crippen LogP contribution in [0.15, 0.2) is 12.3 Å². The number of nitrogens with zero attached hydrogens (tertiary/aromatic N) is 2. The van der Waals surface area contributed by atoms with Gasteiger partial charge in [-0.1, -0.05) is 25.7 Å². The molecule has 0 radical (unpaired) electrons. The summed E-state index contributed by atoms with van der Waals surface area (Å²) in [5.74, 6) is 1.57. The molecule has 1 aromatic rings. The zero-order chi connectivity index (χ0) is 9.10. The molecule has 1 aromatic heterocycles. The van der Waals surface area contributed by atoms with Gasteiger partial charge in [-0.05, 0) is 18.4 Å². The molecule has 0 spiro atoms. The predicted octanol–water partition coefficient (Wildman–Crippen LogP) is 2.05. The van der Waals surface area contributed by atoms with Gasteiger partial charge in [-0.15, -0.1) is 0 Å². The van der Waals surface area contributed by atoms with Crippen LogP contribution in [0, 0.1) is 5.92 Å². The van der Waals surface area contributed by atoms with Gasteiger partial charge in [-0.3, -0.25) is 4.68 Å². The Morgan fingerprint density at radius 2 is 2.23 bits per heavy atom. The highest BCUT2D eigenvalue weighted by Crippen LogP contribution is 2.27. The lowest BCUT2D eigenvalue weighted by atomic mass is 10.0. The topological polar surface area (TPSA) is 43.8 Å². The number of nitrogen functional groups attached to an aromatic ring is 1. The highest BCUT2D eigenvalue weighted by molar-refractivity contribution is 5.23. The molecule has 1 fully saturated rings. The van der Waals surface area contributed by atoms with Crippen LogP contribution in [0.2, 0.25) is 0 Å². The second-order valence-electron chi connectivity index (χ2n) is 3.94. The molecule has 0 aliphatic heterocycles. The lowest BCUT2D eigenvalue weighted by Gasteiger charge is -2.07. The van der Waals surface area contributed by atoms with Crippen molar-refractivity contribution in [2.24, 2.45) is 5.92 Å². The molecular weight excluding hydrogens is 162 g/mol. The van der Waals surface area contributed by atoms with Crippen molar-refractivity contribution in [3.63, 3.8) is 0 Å². The van der Waals surface area contributed by atoms with Crippen LogP contribution < -0.4 is 5.73 Å². The maximum Gasteiger partial charge on any atom is 0.145 e. The van der Waals surface area contributed by atoms with Crippen molar-refractivity contribution < 1.29 is 0 Å². The van der Waals surface area contributed by atoms with Crippen LogP contribution in [0.3, 0.4) is 0 Å². The number of nitrogens with two attached hydrogens (primary N) is 1. The molecule has 0 atom stereocenters. The molecule has 2 rings (SSSR count). The van der Waals surface area contributed by atoms with Crippen molar-refractivity contribution in [3.8, 4) is 0 Å². The van der Waals surface area contributed by atoms with Crippen molar-refractivity contribution >= 4 is 5.82 Å². The van der Waals surface area contributed by atoms with E-state index in [9.17, 15) is 0 Å². The third-order valence-corrected chi connectivity index (χ3v) is 2.90. The fourth-order valence-corrected chi connectivity index (χ4v) is 2.12. The van der Waals surface area contributed by atoms with Gasteiger partial charge in [0.05, 0.1) is 0 Å². The summed E-state index contributed by atoms with van der Waals surface area (Å²) < 4.78 is 1.95. The van der Waals surface area contributed by atoms with E-state index in [-0.39, 0.29) is 0 Å². The van der Waals surface area contributed by atoms with E-state index >= 15 is 0 Å². The average molecular weight is 179 g/mol. The Labute approximate surface area is 78.9 Å². The summed E-state index contributed by atoms with van der Waals surface area (Å²) in [6.07, 6.45) is 8.90. The maximum atomic E-state index is 5.53. The second-order valence-corrected chi connectivity index (χ2v) is 3.94. The maximum absolute atomic E-state index is 5.53. The zero-order valence-electron chi connectivity index (χ0n) is 7.95. The molecule has 3 nitrogen and oxygen atoms in total. The molecule has 1 aliphatic carbocycles. The Hall–Kier alpha value is -0.990. The number of hydrogen-bond donors (Lipinski definition) is 1. The molecule has 13 heavy (non-hydrogen) atoms. The predicted molar refractivity (Wildman–Crippen MR) is 53.2 cm³/mol. The Bertz CT molecular complexity index is 261. The number of aryl methyl sites for hydroxylation is 1. The molecule has 1 saturated carbocycles. The largest absolute Gasteiger partial charge is 0.382 e. The zero-order valence-corrected chi connectivity index (χ0v) is 7.95. The summed E-state index contributed by atoms with van der Waals surface area (Å²) in [4.78, 5) is 0. The highest BCUT2D eigenvalue weighted by Gasteiger charge is 2.14. The minimum Gasteiger partial charge on any atom is -0.382 e. The van der Waals surface area contributed by atoms with E-state index in [1.165, 1.54) is 32.1 Å². The first-order valence-corrected chi connectivity index (χ1v) is 5.13. The summed E-state index contributed by atoms with van der Waals surface area (Å²) in [6.45, 7) is 1.03. The molecule has 3 heteroatoms. The van der Waals surface area contributed by atoms with Gasteiger partial charge < -0.3 is 5.73 Å². The summed E-state index contributed by atoms with van der Waals surface area (Å²) >= 11 is 0. The normalized spacial score (nSPS) is 18.2. The number of hydrogen-bond acceptors (Lipinski definition) is 2. The monoisotopic (exact) mass is 179 g/mol. The minimum absolute atomic E-state index is 0.631. The van der Waals surface area contributed by atoms with Crippen LogP contribution in [0.1, 0.15) is 32.1 Å². The first-order valence-electron chi connectivity index (χ1n) is 5.13. The number of rotatable bonds is 3. The molecule has 0 unspecified atom stereocenters. The van der Waals surface area contributed by atoms with Crippen molar-refractivity contribution in [1.82, 2.24) is 9.78 Å². The van der Waals surface area contributed by atoms with Crippen LogP contribution in [0.25, 0.3) is 0 Å². The highest BCUT2D eigenvalue weighted by atomic mass is 15.3. The van der Waals surface area contributed by atoms with E-state index in [1.807, 2.05) is 16.9 Å². The molecule has 1 aliphatic rings. The van der Waals surface area contributed by atoms with Crippen molar-refractivity contribution in [1.29, 1.82) is 0 Å².